The van der Waals surface area contributed by atoms with Gasteiger partial charge in [-0.15, -0.1) is 0 Å². The number of H-pyrrole nitrogens is 1. The van der Waals surface area contributed by atoms with E-state index in [0.29, 0.717) is 18.7 Å². The maximum absolute atomic E-state index is 11.5. The molecule has 110 valence electrons. The first-order chi connectivity index (χ1) is 9.37. The highest BCUT2D eigenvalue weighted by Crippen LogP contribution is 2.32. The average molecular weight is 302 g/mol. The Morgan fingerprint density at radius 3 is 2.90 bits per heavy atom. The molecule has 6 N–H and O–H groups in total. The number of rotatable bonds is 6. The quantitative estimate of drug-likeness (QED) is 0.317. The highest BCUT2D eigenvalue weighted by Gasteiger charge is 2.11. The summed E-state index contributed by atoms with van der Waals surface area (Å²) in [5.41, 5.74) is 5.65. The first-order valence-corrected chi connectivity index (χ1v) is 7.62. The van der Waals surface area contributed by atoms with Crippen molar-refractivity contribution in [3.63, 3.8) is 0 Å². The standard InChI is InChI=1S/C9H15N6O4P/c10-9-13-7-6(8(16)14-9)12-5-15(7)3-1-11-2-4-20(17,18)19/h5,11H,1-4H2,(H2,17,18,19)(H3,10,13,14,16). The van der Waals surface area contributed by atoms with Gasteiger partial charge in [0.15, 0.2) is 11.2 Å². The Labute approximate surface area is 113 Å². The Balaban J connectivity index is 1.97. The molecule has 0 fully saturated rings. The molecule has 0 aliphatic heterocycles. The predicted octanol–water partition coefficient (Wildman–Crippen LogP) is -1.53. The lowest BCUT2D eigenvalue weighted by atomic mass is 10.5. The fraction of sp³-hybridized carbons (Fsp3) is 0.444. The van der Waals surface area contributed by atoms with E-state index < -0.39 is 13.2 Å². The number of anilines is 1. The summed E-state index contributed by atoms with van der Waals surface area (Å²) in [6.07, 6.45) is 1.25. The molecule has 0 bridgehead atoms. The molecule has 2 aromatic rings. The van der Waals surface area contributed by atoms with E-state index in [1.165, 1.54) is 6.33 Å². The number of nitrogens with two attached hydrogens (primary N) is 1. The Morgan fingerprint density at radius 2 is 2.20 bits per heavy atom. The molecule has 0 radical (unpaired) electrons. The second-order valence-corrected chi connectivity index (χ2v) is 5.98. The van der Waals surface area contributed by atoms with E-state index in [9.17, 15) is 9.36 Å². The van der Waals surface area contributed by atoms with Crippen LogP contribution >= 0.6 is 7.60 Å². The van der Waals surface area contributed by atoms with Crippen molar-refractivity contribution in [1.29, 1.82) is 0 Å². The van der Waals surface area contributed by atoms with E-state index in [-0.39, 0.29) is 24.2 Å². The Kier molecular flexibility index (Phi) is 4.19. The van der Waals surface area contributed by atoms with Crippen molar-refractivity contribution in [2.24, 2.45) is 0 Å². The molecule has 2 aromatic heterocycles. The average Bonchev–Trinajstić information content (AvgIpc) is 2.70. The number of aromatic amines is 1. The van der Waals surface area contributed by atoms with Crippen LogP contribution in [0.1, 0.15) is 0 Å². The fourth-order valence-corrected chi connectivity index (χ4v) is 2.13. The van der Waals surface area contributed by atoms with Crippen molar-refractivity contribution < 1.29 is 14.4 Å². The van der Waals surface area contributed by atoms with E-state index in [4.69, 9.17) is 15.5 Å². The van der Waals surface area contributed by atoms with Crippen LogP contribution in [0, 0.1) is 0 Å². The molecule has 2 rings (SSSR count). The number of hydrogen-bond donors (Lipinski definition) is 5. The summed E-state index contributed by atoms with van der Waals surface area (Å²) in [7, 11) is -3.97. The molecule has 20 heavy (non-hydrogen) atoms. The molecule has 0 aromatic carbocycles. The van der Waals surface area contributed by atoms with Crippen molar-refractivity contribution in [3.05, 3.63) is 16.7 Å². The van der Waals surface area contributed by atoms with Crippen LogP contribution in [0.4, 0.5) is 5.95 Å². The van der Waals surface area contributed by atoms with Crippen LogP contribution in [0.3, 0.4) is 0 Å². The van der Waals surface area contributed by atoms with Crippen LogP contribution < -0.4 is 16.6 Å². The van der Waals surface area contributed by atoms with E-state index in [2.05, 4.69) is 20.3 Å². The largest absolute Gasteiger partial charge is 0.369 e. The molecule has 10 nitrogen and oxygen atoms in total. The lowest BCUT2D eigenvalue weighted by Crippen LogP contribution is -2.23. The number of hydrogen-bond acceptors (Lipinski definition) is 6. The monoisotopic (exact) mass is 302 g/mol. The van der Waals surface area contributed by atoms with Gasteiger partial charge in [0.1, 0.15) is 0 Å². The summed E-state index contributed by atoms with van der Waals surface area (Å²) in [6, 6.07) is 0. The minimum absolute atomic E-state index is 0.0127. The van der Waals surface area contributed by atoms with Gasteiger partial charge in [-0.05, 0) is 0 Å². The number of nitrogens with one attached hydrogen (secondary N) is 2. The molecule has 0 aliphatic rings. The molecule has 11 heteroatoms. The molecular formula is C9H15N6O4P. The van der Waals surface area contributed by atoms with Gasteiger partial charge >= 0.3 is 7.60 Å². The Bertz CT molecular complexity index is 704. The van der Waals surface area contributed by atoms with Crippen molar-refractivity contribution >= 4 is 24.7 Å². The van der Waals surface area contributed by atoms with Crippen molar-refractivity contribution in [3.8, 4) is 0 Å². The zero-order valence-electron chi connectivity index (χ0n) is 10.5. The predicted molar refractivity (Wildman–Crippen MR) is 72.3 cm³/mol. The third-order valence-corrected chi connectivity index (χ3v) is 3.41. The number of fused-ring (bicyclic) bond motifs is 1. The van der Waals surface area contributed by atoms with Gasteiger partial charge in [-0.2, -0.15) is 4.98 Å². The van der Waals surface area contributed by atoms with Crippen LogP contribution in [0.15, 0.2) is 11.1 Å². The molecule has 0 aliphatic carbocycles. The normalized spacial score (nSPS) is 12.1. The minimum Gasteiger partial charge on any atom is -0.369 e. The summed E-state index contributed by atoms with van der Waals surface area (Å²) < 4.78 is 12.3. The molecule has 0 spiro atoms. The van der Waals surface area contributed by atoms with E-state index >= 15 is 0 Å². The second kappa shape index (κ2) is 5.71. The van der Waals surface area contributed by atoms with Gasteiger partial charge in [0, 0.05) is 19.6 Å². The molecule has 0 saturated carbocycles. The molecule has 0 unspecified atom stereocenters. The lowest BCUT2D eigenvalue weighted by Gasteiger charge is -2.07. The minimum atomic E-state index is -3.97. The number of nitrogens with zero attached hydrogens (tertiary/aromatic N) is 3. The maximum atomic E-state index is 11.5. The van der Waals surface area contributed by atoms with E-state index in [0.717, 1.165) is 0 Å². The topological polar surface area (TPSA) is 159 Å². The van der Waals surface area contributed by atoms with E-state index in [1.54, 1.807) is 4.57 Å². The van der Waals surface area contributed by atoms with Crippen LogP contribution in [-0.4, -0.2) is 48.6 Å². The summed E-state index contributed by atoms with van der Waals surface area (Å²) in [6.45, 7) is 1.11. The van der Waals surface area contributed by atoms with Gasteiger partial charge in [0.25, 0.3) is 5.56 Å². The van der Waals surface area contributed by atoms with Gasteiger partial charge < -0.3 is 25.4 Å². The van der Waals surface area contributed by atoms with Crippen LogP contribution in [0.2, 0.25) is 0 Å². The van der Waals surface area contributed by atoms with Gasteiger partial charge in [-0.3, -0.25) is 14.3 Å². The van der Waals surface area contributed by atoms with Crippen molar-refractivity contribution in [2.75, 3.05) is 25.0 Å². The number of aromatic nitrogens is 4. The summed E-state index contributed by atoms with van der Waals surface area (Å²) in [5.74, 6) is 0.0127. The molecule has 0 atom stereocenters. The Hall–Kier alpha value is -1.74. The summed E-state index contributed by atoms with van der Waals surface area (Å²) >= 11 is 0. The fourth-order valence-electron chi connectivity index (χ4n) is 1.68. The summed E-state index contributed by atoms with van der Waals surface area (Å²) in [4.78, 5) is 39.2. The first kappa shape index (κ1) is 14.7. The van der Waals surface area contributed by atoms with Crippen molar-refractivity contribution in [1.82, 2.24) is 24.8 Å². The maximum Gasteiger partial charge on any atom is 0.326 e. The van der Waals surface area contributed by atoms with Gasteiger partial charge in [-0.1, -0.05) is 0 Å². The second-order valence-electron chi connectivity index (χ2n) is 4.20. The first-order valence-electron chi connectivity index (χ1n) is 5.83. The number of nitrogen functional groups attached to an aromatic ring is 1. The highest BCUT2D eigenvalue weighted by atomic mass is 31.2. The SMILES string of the molecule is Nc1nc2c(ncn2CCNCCP(=O)(O)O)c(=O)[nH]1. The third-order valence-electron chi connectivity index (χ3n) is 2.60. The smallest absolute Gasteiger partial charge is 0.326 e. The van der Waals surface area contributed by atoms with Gasteiger partial charge in [-0.25, -0.2) is 4.98 Å². The number of imidazole rings is 1. The molecule has 0 amide bonds. The Morgan fingerprint density at radius 1 is 1.45 bits per heavy atom. The molecule has 0 saturated heterocycles. The zero-order chi connectivity index (χ0) is 14.8. The van der Waals surface area contributed by atoms with Gasteiger partial charge in [0.2, 0.25) is 5.95 Å². The highest BCUT2D eigenvalue weighted by molar-refractivity contribution is 7.51. The third kappa shape index (κ3) is 3.64. The van der Waals surface area contributed by atoms with Gasteiger partial charge in [0.05, 0.1) is 12.5 Å². The van der Waals surface area contributed by atoms with Crippen LogP contribution in [-0.2, 0) is 11.1 Å². The van der Waals surface area contributed by atoms with E-state index in [1.807, 2.05) is 0 Å². The van der Waals surface area contributed by atoms with Crippen LogP contribution in [0.5, 0.6) is 0 Å². The van der Waals surface area contributed by atoms with Crippen LogP contribution in [0.25, 0.3) is 11.2 Å². The molecular weight excluding hydrogens is 287 g/mol. The summed E-state index contributed by atoms with van der Waals surface area (Å²) in [5, 5.41) is 2.89. The van der Waals surface area contributed by atoms with Crippen molar-refractivity contribution in [2.45, 2.75) is 6.54 Å². The zero-order valence-corrected chi connectivity index (χ0v) is 11.4. The lowest BCUT2D eigenvalue weighted by molar-refractivity contribution is 0.371. The molecule has 2 heterocycles.